The number of hydrogen-bond acceptors (Lipinski definition) is 4. The van der Waals surface area contributed by atoms with E-state index in [-0.39, 0.29) is 30.5 Å². The highest BCUT2D eigenvalue weighted by Gasteiger charge is 2.39. The van der Waals surface area contributed by atoms with Gasteiger partial charge >= 0.3 is 5.97 Å². The molecule has 1 saturated carbocycles. The molecule has 0 aliphatic heterocycles. The SMILES string of the molecule is CCCCC[C@@H](O)/C=C\[C@H]1[C@H](O)CC(=O)[C@@H]1CCCCCCC(=O)O. The third kappa shape index (κ3) is 8.63. The lowest BCUT2D eigenvalue weighted by Crippen LogP contribution is -2.19. The normalized spacial score (nSPS) is 24.9. The zero-order chi connectivity index (χ0) is 18.7. The van der Waals surface area contributed by atoms with E-state index in [1.807, 2.05) is 6.08 Å². The minimum absolute atomic E-state index is 0.105. The Hall–Kier alpha value is -1.20. The summed E-state index contributed by atoms with van der Waals surface area (Å²) >= 11 is 0. The summed E-state index contributed by atoms with van der Waals surface area (Å²) in [5, 5.41) is 28.7. The summed E-state index contributed by atoms with van der Waals surface area (Å²) in [6.07, 6.45) is 10.7. The van der Waals surface area contributed by atoms with Crippen molar-refractivity contribution in [3.8, 4) is 0 Å². The predicted octanol–water partition coefficient (Wildman–Crippen LogP) is 3.48. The van der Waals surface area contributed by atoms with E-state index in [2.05, 4.69) is 6.92 Å². The average Bonchev–Trinajstić information content (AvgIpc) is 2.82. The van der Waals surface area contributed by atoms with E-state index in [9.17, 15) is 19.8 Å². The van der Waals surface area contributed by atoms with E-state index in [1.54, 1.807) is 6.08 Å². The van der Waals surface area contributed by atoms with Gasteiger partial charge in [-0.1, -0.05) is 57.6 Å². The molecule has 1 fully saturated rings. The van der Waals surface area contributed by atoms with Gasteiger partial charge in [0.2, 0.25) is 0 Å². The number of carboxylic acids is 1. The first-order chi connectivity index (χ1) is 12.0. The van der Waals surface area contributed by atoms with Gasteiger partial charge in [0.25, 0.3) is 0 Å². The summed E-state index contributed by atoms with van der Waals surface area (Å²) in [5.41, 5.74) is 0. The van der Waals surface area contributed by atoms with E-state index in [4.69, 9.17) is 5.11 Å². The third-order valence-corrected chi connectivity index (χ3v) is 5.05. The lowest BCUT2D eigenvalue weighted by atomic mass is 9.88. The van der Waals surface area contributed by atoms with Gasteiger partial charge in [0, 0.05) is 24.7 Å². The van der Waals surface area contributed by atoms with Gasteiger partial charge in [-0.3, -0.25) is 9.59 Å². The number of hydrogen-bond donors (Lipinski definition) is 3. The molecular weight excluding hydrogens is 320 g/mol. The molecule has 5 nitrogen and oxygen atoms in total. The first-order valence-electron chi connectivity index (χ1n) is 9.74. The maximum Gasteiger partial charge on any atom is 0.303 e. The molecule has 0 radical (unpaired) electrons. The van der Waals surface area contributed by atoms with Gasteiger partial charge in [-0.05, 0) is 19.3 Å². The lowest BCUT2D eigenvalue weighted by Gasteiger charge is -2.18. The Bertz CT molecular complexity index is 432. The first kappa shape index (κ1) is 21.8. The van der Waals surface area contributed by atoms with E-state index in [0.717, 1.165) is 51.4 Å². The Morgan fingerprint density at radius 2 is 1.92 bits per heavy atom. The van der Waals surface area contributed by atoms with Gasteiger partial charge in [-0.15, -0.1) is 0 Å². The van der Waals surface area contributed by atoms with Crippen LogP contribution in [0.1, 0.15) is 77.6 Å². The first-order valence-corrected chi connectivity index (χ1v) is 9.74. The number of carboxylic acid groups (broad SMARTS) is 1. The second-order valence-electron chi connectivity index (χ2n) is 7.22. The van der Waals surface area contributed by atoms with Crippen LogP contribution >= 0.6 is 0 Å². The summed E-state index contributed by atoms with van der Waals surface area (Å²) < 4.78 is 0. The molecule has 0 aromatic heterocycles. The topological polar surface area (TPSA) is 94.8 Å². The summed E-state index contributed by atoms with van der Waals surface area (Å²) in [7, 11) is 0. The standard InChI is InChI=1S/C20H34O5/c1-2-3-6-9-15(21)12-13-17-16(18(22)14-19(17)23)10-7-4-5-8-11-20(24)25/h12-13,15-17,19,21,23H,2-11,14H2,1H3,(H,24,25)/b13-12-/t15-,16-,17-,19-/m1/s1. The number of rotatable bonds is 13. The third-order valence-electron chi connectivity index (χ3n) is 5.05. The highest BCUT2D eigenvalue weighted by molar-refractivity contribution is 5.84. The zero-order valence-electron chi connectivity index (χ0n) is 15.4. The van der Waals surface area contributed by atoms with Crippen LogP contribution in [0, 0.1) is 11.8 Å². The number of ketones is 1. The van der Waals surface area contributed by atoms with Crippen LogP contribution in [0.4, 0.5) is 0 Å². The molecule has 0 heterocycles. The minimum atomic E-state index is -0.767. The van der Waals surface area contributed by atoms with Crippen molar-refractivity contribution >= 4 is 11.8 Å². The Kier molecular flexibility index (Phi) is 10.7. The molecule has 0 spiro atoms. The van der Waals surface area contributed by atoms with Crippen molar-refractivity contribution in [1.82, 2.24) is 0 Å². The molecule has 1 rings (SSSR count). The van der Waals surface area contributed by atoms with E-state index in [0.29, 0.717) is 6.42 Å². The smallest absolute Gasteiger partial charge is 0.303 e. The van der Waals surface area contributed by atoms with Crippen molar-refractivity contribution in [2.24, 2.45) is 11.8 Å². The predicted molar refractivity (Wildman–Crippen MR) is 97.2 cm³/mol. The molecule has 0 unspecified atom stereocenters. The monoisotopic (exact) mass is 354 g/mol. The Morgan fingerprint density at radius 3 is 2.60 bits per heavy atom. The quantitative estimate of drug-likeness (QED) is 0.348. The van der Waals surface area contributed by atoms with Crippen molar-refractivity contribution in [3.63, 3.8) is 0 Å². The summed E-state index contributed by atoms with van der Waals surface area (Å²) in [4.78, 5) is 22.6. The lowest BCUT2D eigenvalue weighted by molar-refractivity contribution is -0.137. The van der Waals surface area contributed by atoms with Gasteiger partial charge in [-0.2, -0.15) is 0 Å². The number of aliphatic hydroxyl groups is 2. The van der Waals surface area contributed by atoms with Gasteiger partial charge in [0.15, 0.2) is 0 Å². The highest BCUT2D eigenvalue weighted by Crippen LogP contribution is 2.34. The van der Waals surface area contributed by atoms with Crippen LogP contribution in [-0.2, 0) is 9.59 Å². The zero-order valence-corrected chi connectivity index (χ0v) is 15.4. The second kappa shape index (κ2) is 12.2. The molecule has 4 atom stereocenters. The second-order valence-corrected chi connectivity index (χ2v) is 7.22. The van der Waals surface area contributed by atoms with Gasteiger partial charge < -0.3 is 15.3 Å². The van der Waals surface area contributed by atoms with Crippen molar-refractivity contribution in [3.05, 3.63) is 12.2 Å². The molecule has 0 aromatic carbocycles. The molecular formula is C20H34O5. The maximum absolute atomic E-state index is 12.1. The Balaban J connectivity index is 2.39. The average molecular weight is 354 g/mol. The van der Waals surface area contributed by atoms with E-state index in [1.165, 1.54) is 0 Å². The molecule has 1 aliphatic carbocycles. The molecule has 1 aliphatic rings. The number of unbranched alkanes of at least 4 members (excludes halogenated alkanes) is 5. The number of carbonyl (C=O) groups is 2. The van der Waals surface area contributed by atoms with Crippen molar-refractivity contribution in [1.29, 1.82) is 0 Å². The maximum atomic E-state index is 12.1. The Morgan fingerprint density at radius 1 is 1.20 bits per heavy atom. The summed E-state index contributed by atoms with van der Waals surface area (Å²) in [6.45, 7) is 2.12. The van der Waals surface area contributed by atoms with Crippen molar-refractivity contribution in [2.45, 2.75) is 89.8 Å². The molecule has 25 heavy (non-hydrogen) atoms. The van der Waals surface area contributed by atoms with Crippen LogP contribution in [0.25, 0.3) is 0 Å². The number of aliphatic carboxylic acids is 1. The fourth-order valence-corrected chi connectivity index (χ4v) is 3.54. The highest BCUT2D eigenvalue weighted by atomic mass is 16.4. The molecule has 144 valence electrons. The molecule has 0 amide bonds. The molecule has 0 bridgehead atoms. The van der Waals surface area contributed by atoms with Crippen LogP contribution in [0.15, 0.2) is 12.2 Å². The van der Waals surface area contributed by atoms with Crippen LogP contribution in [0.2, 0.25) is 0 Å². The van der Waals surface area contributed by atoms with Gasteiger partial charge in [0.1, 0.15) is 5.78 Å². The minimum Gasteiger partial charge on any atom is -0.481 e. The summed E-state index contributed by atoms with van der Waals surface area (Å²) in [6, 6.07) is 0. The summed E-state index contributed by atoms with van der Waals surface area (Å²) in [5.74, 6) is -1.04. The fourth-order valence-electron chi connectivity index (χ4n) is 3.54. The van der Waals surface area contributed by atoms with Crippen molar-refractivity contribution in [2.75, 3.05) is 0 Å². The number of carbonyl (C=O) groups excluding carboxylic acids is 1. The molecule has 5 heteroatoms. The number of Topliss-reactive ketones (excluding diaryl/α,β-unsaturated/α-hetero) is 1. The van der Waals surface area contributed by atoms with Crippen LogP contribution < -0.4 is 0 Å². The molecule has 3 N–H and O–H groups in total. The number of aliphatic hydroxyl groups excluding tert-OH is 2. The Labute approximate surface area is 151 Å². The van der Waals surface area contributed by atoms with Crippen LogP contribution in [0.5, 0.6) is 0 Å². The van der Waals surface area contributed by atoms with Crippen molar-refractivity contribution < 1.29 is 24.9 Å². The van der Waals surface area contributed by atoms with Crippen LogP contribution in [0.3, 0.4) is 0 Å². The van der Waals surface area contributed by atoms with Gasteiger partial charge in [-0.25, -0.2) is 0 Å². The largest absolute Gasteiger partial charge is 0.481 e. The van der Waals surface area contributed by atoms with E-state index < -0.39 is 18.2 Å². The molecule has 0 saturated heterocycles. The van der Waals surface area contributed by atoms with Crippen LogP contribution in [-0.4, -0.2) is 39.3 Å². The van der Waals surface area contributed by atoms with E-state index >= 15 is 0 Å². The molecule has 0 aromatic rings. The van der Waals surface area contributed by atoms with Gasteiger partial charge in [0.05, 0.1) is 12.2 Å². The fraction of sp³-hybridized carbons (Fsp3) is 0.800.